The average Bonchev–Trinajstić information content (AvgIpc) is 2.14. The van der Waals surface area contributed by atoms with Crippen molar-refractivity contribution >= 4 is 35.6 Å². The van der Waals surface area contributed by atoms with Crippen molar-refractivity contribution in [1.82, 2.24) is 0 Å². The minimum absolute atomic E-state index is 0. The second-order valence-electron chi connectivity index (χ2n) is 3.73. The van der Waals surface area contributed by atoms with E-state index in [0.29, 0.717) is 15.6 Å². The largest absolute Gasteiger partial charge is 0.508 e. The molecule has 0 spiro atoms. The zero-order valence-corrected chi connectivity index (χ0v) is 11.5. The van der Waals surface area contributed by atoms with E-state index in [2.05, 4.69) is 0 Å². The van der Waals surface area contributed by atoms with Crippen LogP contribution in [0.3, 0.4) is 0 Å². The van der Waals surface area contributed by atoms with Gasteiger partial charge in [-0.2, -0.15) is 0 Å². The summed E-state index contributed by atoms with van der Waals surface area (Å²) in [7, 11) is 0. The molecule has 0 aliphatic carbocycles. The predicted molar refractivity (Wildman–Crippen MR) is 71.8 cm³/mol. The molecule has 0 bridgehead atoms. The van der Waals surface area contributed by atoms with Crippen molar-refractivity contribution in [1.29, 1.82) is 0 Å². The molecule has 1 unspecified atom stereocenters. The van der Waals surface area contributed by atoms with Gasteiger partial charge in [-0.05, 0) is 18.1 Å². The van der Waals surface area contributed by atoms with E-state index in [0.717, 1.165) is 6.42 Å². The molecule has 1 rings (SSSR count). The van der Waals surface area contributed by atoms with Crippen LogP contribution in [-0.2, 0) is 0 Å². The normalized spacial score (nSPS) is 14.1. The van der Waals surface area contributed by atoms with Gasteiger partial charge in [0.2, 0.25) is 0 Å². The lowest BCUT2D eigenvalue weighted by molar-refractivity contribution is 0.419. The van der Waals surface area contributed by atoms with Gasteiger partial charge in [0.1, 0.15) is 5.75 Å². The molecule has 2 atom stereocenters. The Bertz CT molecular complexity index is 334. The first-order valence-corrected chi connectivity index (χ1v) is 5.66. The third-order valence-electron chi connectivity index (χ3n) is 2.66. The first kappa shape index (κ1) is 15.9. The van der Waals surface area contributed by atoms with Crippen LogP contribution in [-0.4, -0.2) is 5.11 Å². The highest BCUT2D eigenvalue weighted by molar-refractivity contribution is 6.35. The molecule has 0 aliphatic heterocycles. The maximum absolute atomic E-state index is 9.74. The fourth-order valence-electron chi connectivity index (χ4n) is 1.44. The van der Waals surface area contributed by atoms with Crippen LogP contribution >= 0.6 is 35.6 Å². The molecule has 16 heavy (non-hydrogen) atoms. The molecule has 0 saturated carbocycles. The summed E-state index contributed by atoms with van der Waals surface area (Å²) < 4.78 is 0. The van der Waals surface area contributed by atoms with E-state index in [1.165, 1.54) is 6.07 Å². The minimum Gasteiger partial charge on any atom is -0.508 e. The predicted octanol–water partition coefficient (Wildman–Crippen LogP) is 4.17. The lowest BCUT2D eigenvalue weighted by Gasteiger charge is -2.21. The number of phenolic OH excluding ortho intramolecular Hbond substituents is 1. The average molecular weight is 285 g/mol. The monoisotopic (exact) mass is 283 g/mol. The summed E-state index contributed by atoms with van der Waals surface area (Å²) in [5.74, 6) is 0.329. The Morgan fingerprint density at radius 3 is 2.38 bits per heavy atom. The summed E-state index contributed by atoms with van der Waals surface area (Å²) in [5.41, 5.74) is 6.59. The van der Waals surface area contributed by atoms with E-state index in [9.17, 15) is 5.11 Å². The second kappa shape index (κ2) is 6.55. The molecule has 0 heterocycles. The standard InChI is InChI=1S/C11H15Cl2NO.ClH/c1-3-6(2)11(14)10-8(13)4-7(12)5-9(10)15;/h4-6,11,15H,3,14H2,1-2H3;1H/t6?,11-;/m0./s1. The zero-order chi connectivity index (χ0) is 11.6. The highest BCUT2D eigenvalue weighted by Crippen LogP contribution is 2.37. The summed E-state index contributed by atoms with van der Waals surface area (Å²) in [6.07, 6.45) is 0.930. The van der Waals surface area contributed by atoms with Crippen molar-refractivity contribution in [3.05, 3.63) is 27.7 Å². The molecule has 1 aromatic rings. The Morgan fingerprint density at radius 2 is 1.94 bits per heavy atom. The molecule has 1 aromatic carbocycles. The third-order valence-corrected chi connectivity index (χ3v) is 3.19. The Balaban J connectivity index is 0.00000225. The van der Waals surface area contributed by atoms with Gasteiger partial charge >= 0.3 is 0 Å². The van der Waals surface area contributed by atoms with Gasteiger partial charge in [0.25, 0.3) is 0 Å². The number of hydrogen-bond donors (Lipinski definition) is 2. The Kier molecular flexibility index (Phi) is 6.49. The third kappa shape index (κ3) is 3.42. The number of hydrogen-bond acceptors (Lipinski definition) is 2. The van der Waals surface area contributed by atoms with Crippen molar-refractivity contribution < 1.29 is 5.11 Å². The molecule has 5 heteroatoms. The lowest BCUT2D eigenvalue weighted by atomic mass is 9.93. The Morgan fingerprint density at radius 1 is 1.38 bits per heavy atom. The lowest BCUT2D eigenvalue weighted by Crippen LogP contribution is -2.19. The van der Waals surface area contributed by atoms with E-state index >= 15 is 0 Å². The molecule has 0 saturated heterocycles. The summed E-state index contributed by atoms with van der Waals surface area (Å²) in [6.45, 7) is 4.07. The van der Waals surface area contributed by atoms with Crippen LogP contribution in [0.4, 0.5) is 0 Å². The first-order chi connectivity index (χ1) is 6.97. The molecule has 0 radical (unpaired) electrons. The quantitative estimate of drug-likeness (QED) is 0.875. The van der Waals surface area contributed by atoms with Gasteiger partial charge in [-0.1, -0.05) is 43.5 Å². The zero-order valence-electron chi connectivity index (χ0n) is 9.21. The van der Waals surface area contributed by atoms with Gasteiger partial charge in [0.15, 0.2) is 0 Å². The van der Waals surface area contributed by atoms with Crippen molar-refractivity contribution in [3.63, 3.8) is 0 Å². The molecule has 0 fully saturated rings. The van der Waals surface area contributed by atoms with Crippen molar-refractivity contribution in [2.24, 2.45) is 11.7 Å². The number of benzene rings is 1. The molecule has 0 aromatic heterocycles. The van der Waals surface area contributed by atoms with Crippen LogP contribution in [0.25, 0.3) is 0 Å². The maximum Gasteiger partial charge on any atom is 0.123 e. The van der Waals surface area contributed by atoms with Crippen molar-refractivity contribution in [2.45, 2.75) is 26.3 Å². The van der Waals surface area contributed by atoms with Crippen LogP contribution in [0.1, 0.15) is 31.9 Å². The van der Waals surface area contributed by atoms with Gasteiger partial charge < -0.3 is 10.8 Å². The van der Waals surface area contributed by atoms with Crippen molar-refractivity contribution in [2.75, 3.05) is 0 Å². The van der Waals surface area contributed by atoms with Crippen LogP contribution in [0, 0.1) is 5.92 Å². The van der Waals surface area contributed by atoms with Gasteiger partial charge in [-0.25, -0.2) is 0 Å². The molecular weight excluding hydrogens is 268 g/mol. The number of halogens is 3. The van der Waals surface area contributed by atoms with Gasteiger partial charge in [0, 0.05) is 16.6 Å². The second-order valence-corrected chi connectivity index (χ2v) is 4.58. The SMILES string of the molecule is CCC(C)[C@H](N)c1c(O)cc(Cl)cc1Cl.Cl. The highest BCUT2D eigenvalue weighted by atomic mass is 35.5. The van der Waals surface area contributed by atoms with Crippen molar-refractivity contribution in [3.8, 4) is 5.75 Å². The molecule has 0 amide bonds. The van der Waals surface area contributed by atoms with Gasteiger partial charge in [-0.3, -0.25) is 0 Å². The molecule has 2 nitrogen and oxygen atoms in total. The number of rotatable bonds is 3. The fourth-order valence-corrected chi connectivity index (χ4v) is 2.05. The Labute approximate surface area is 112 Å². The molecule has 0 aliphatic rings. The highest BCUT2D eigenvalue weighted by Gasteiger charge is 2.20. The van der Waals surface area contributed by atoms with Gasteiger partial charge in [-0.15, -0.1) is 12.4 Å². The van der Waals surface area contributed by atoms with E-state index in [1.807, 2.05) is 13.8 Å². The van der Waals surface area contributed by atoms with Crippen LogP contribution < -0.4 is 5.73 Å². The number of phenols is 1. The molecule has 3 N–H and O–H groups in total. The van der Waals surface area contributed by atoms with E-state index < -0.39 is 0 Å². The summed E-state index contributed by atoms with van der Waals surface area (Å²) in [5, 5.41) is 10.6. The van der Waals surface area contributed by atoms with E-state index in [4.69, 9.17) is 28.9 Å². The van der Waals surface area contributed by atoms with Crippen LogP contribution in [0.5, 0.6) is 5.75 Å². The smallest absolute Gasteiger partial charge is 0.123 e. The first-order valence-electron chi connectivity index (χ1n) is 4.90. The van der Waals surface area contributed by atoms with Gasteiger partial charge in [0.05, 0.1) is 5.02 Å². The van der Waals surface area contributed by atoms with E-state index in [1.54, 1.807) is 6.07 Å². The Hall–Kier alpha value is -0.150. The fraction of sp³-hybridized carbons (Fsp3) is 0.455. The summed E-state index contributed by atoms with van der Waals surface area (Å²) in [4.78, 5) is 0. The summed E-state index contributed by atoms with van der Waals surface area (Å²) >= 11 is 11.8. The van der Waals surface area contributed by atoms with E-state index in [-0.39, 0.29) is 30.1 Å². The summed E-state index contributed by atoms with van der Waals surface area (Å²) in [6, 6.07) is 2.80. The molecular formula is C11H16Cl3NO. The van der Waals surface area contributed by atoms with Crippen LogP contribution in [0.2, 0.25) is 10.0 Å². The van der Waals surface area contributed by atoms with Crippen LogP contribution in [0.15, 0.2) is 12.1 Å². The minimum atomic E-state index is -0.264. The number of nitrogens with two attached hydrogens (primary N) is 1. The topological polar surface area (TPSA) is 46.2 Å². The molecule has 92 valence electrons. The maximum atomic E-state index is 9.74. The number of aromatic hydroxyl groups is 1.